The fraction of sp³-hybridized carbons (Fsp3) is 0.333. The number of aryl methyl sites for hydroxylation is 1. The van der Waals surface area contributed by atoms with Gasteiger partial charge in [-0.05, 0) is 55.7 Å². The zero-order valence-corrected chi connectivity index (χ0v) is 28.1. The molecule has 10 nitrogen and oxygen atoms in total. The van der Waals surface area contributed by atoms with Crippen LogP contribution in [0.5, 0.6) is 5.75 Å². The van der Waals surface area contributed by atoms with E-state index >= 15 is 13.6 Å². The number of aromatic nitrogens is 2. The number of amides is 2. The van der Waals surface area contributed by atoms with Crippen LogP contribution in [0.15, 0.2) is 54.0 Å². The number of benzene rings is 2. The number of piperazine rings is 1. The van der Waals surface area contributed by atoms with Crippen LogP contribution >= 0.6 is 11.6 Å². The maximum atomic E-state index is 17.5. The number of nitrogens with zero attached hydrogens (tertiary/aromatic N) is 5. The van der Waals surface area contributed by atoms with Gasteiger partial charge >= 0.3 is 0 Å². The first-order valence-electron chi connectivity index (χ1n) is 16.0. The predicted molar refractivity (Wildman–Crippen MR) is 183 cm³/mol. The van der Waals surface area contributed by atoms with Crippen molar-refractivity contribution < 1.29 is 28.2 Å². The summed E-state index contributed by atoms with van der Waals surface area (Å²) in [5, 5.41) is 10.7. The van der Waals surface area contributed by atoms with Crippen molar-refractivity contribution in [2.75, 3.05) is 36.1 Å². The zero-order valence-electron chi connectivity index (χ0n) is 27.3. The molecule has 0 spiro atoms. The second-order valence-corrected chi connectivity index (χ2v) is 13.5. The van der Waals surface area contributed by atoms with E-state index in [0.29, 0.717) is 16.9 Å². The summed E-state index contributed by atoms with van der Waals surface area (Å²) in [6.45, 7) is 11.5. The molecule has 0 saturated carbocycles. The number of phenols is 1. The number of carbonyl (C=O) groups is 2. The van der Waals surface area contributed by atoms with E-state index in [4.69, 9.17) is 16.3 Å². The summed E-state index contributed by atoms with van der Waals surface area (Å²) in [7, 11) is 0. The highest BCUT2D eigenvalue weighted by atomic mass is 35.5. The third-order valence-electron chi connectivity index (χ3n) is 9.70. The van der Waals surface area contributed by atoms with Crippen LogP contribution in [0.4, 0.5) is 20.2 Å². The van der Waals surface area contributed by atoms with Crippen molar-refractivity contribution in [2.24, 2.45) is 0 Å². The van der Waals surface area contributed by atoms with Crippen molar-refractivity contribution in [2.45, 2.75) is 51.7 Å². The number of phenolic OH excluding ortho intramolecular Hbond substituents is 1. The first kappa shape index (κ1) is 32.7. The molecule has 1 N–H and O–H groups in total. The van der Waals surface area contributed by atoms with Gasteiger partial charge in [-0.3, -0.25) is 28.8 Å². The van der Waals surface area contributed by atoms with E-state index in [9.17, 15) is 14.7 Å². The Morgan fingerprint density at radius 3 is 2.49 bits per heavy atom. The van der Waals surface area contributed by atoms with Crippen molar-refractivity contribution >= 4 is 45.7 Å². The highest BCUT2D eigenvalue weighted by Gasteiger charge is 2.50. The van der Waals surface area contributed by atoms with Gasteiger partial charge in [-0.1, -0.05) is 38.1 Å². The minimum Gasteiger partial charge on any atom is -0.507 e. The van der Waals surface area contributed by atoms with E-state index in [2.05, 4.69) is 11.6 Å². The zero-order chi connectivity index (χ0) is 35.0. The quantitative estimate of drug-likeness (QED) is 0.278. The van der Waals surface area contributed by atoms with Crippen LogP contribution in [-0.2, 0) is 14.3 Å². The molecule has 49 heavy (non-hydrogen) atoms. The van der Waals surface area contributed by atoms with E-state index < -0.39 is 58.1 Å². The summed E-state index contributed by atoms with van der Waals surface area (Å²) < 4.78 is 39.6. The van der Waals surface area contributed by atoms with E-state index in [0.717, 1.165) is 6.07 Å². The molecule has 2 fully saturated rings. The van der Waals surface area contributed by atoms with Gasteiger partial charge in [0, 0.05) is 29.7 Å². The summed E-state index contributed by atoms with van der Waals surface area (Å²) in [6, 6.07) is 4.91. The van der Waals surface area contributed by atoms with Crippen molar-refractivity contribution in [3.63, 3.8) is 0 Å². The van der Waals surface area contributed by atoms with Gasteiger partial charge in [0.2, 0.25) is 5.91 Å². The maximum absolute atomic E-state index is 17.5. The molecule has 0 radical (unpaired) electrons. The molecule has 7 rings (SSSR count). The topological polar surface area (TPSA) is 108 Å². The molecule has 2 aromatic carbocycles. The first-order chi connectivity index (χ1) is 23.4. The highest BCUT2D eigenvalue weighted by molar-refractivity contribution is 6.35. The molecule has 4 aromatic rings. The van der Waals surface area contributed by atoms with E-state index in [1.165, 1.54) is 33.7 Å². The molecular weight excluding hydrogens is 656 g/mol. The van der Waals surface area contributed by atoms with Crippen LogP contribution in [0.1, 0.15) is 37.9 Å². The molecule has 2 saturated heterocycles. The number of hydrogen-bond acceptors (Lipinski definition) is 7. The van der Waals surface area contributed by atoms with Gasteiger partial charge in [0.25, 0.3) is 11.5 Å². The lowest BCUT2D eigenvalue weighted by Crippen LogP contribution is -2.69. The Bertz CT molecular complexity index is 2130. The number of fused-ring (bicyclic) bond motifs is 5. The Labute approximate surface area is 285 Å². The molecule has 3 aliphatic rings. The molecule has 2 atom stereocenters. The molecule has 5 heterocycles. The SMILES string of the molecule is C=CC(=O)N1CC2C(=O)N(C3COC3)c3c(c4cc(Cl)c(-c5c(O)cccc5F)c(F)c4n(-c4c(C)ccnc4C(C)C)c3=O)N2CC1C. The molecule has 2 aromatic heterocycles. The third-order valence-corrected chi connectivity index (χ3v) is 10.00. The summed E-state index contributed by atoms with van der Waals surface area (Å²) in [6.07, 6.45) is 2.80. The van der Waals surface area contributed by atoms with E-state index in [1.54, 1.807) is 29.0 Å². The number of pyridine rings is 2. The lowest BCUT2D eigenvalue weighted by Gasteiger charge is -2.52. The summed E-state index contributed by atoms with van der Waals surface area (Å²) in [4.78, 5) is 51.9. The second kappa shape index (κ2) is 12.0. The van der Waals surface area contributed by atoms with Crippen LogP contribution < -0.4 is 15.4 Å². The Hall–Kier alpha value is -4.81. The van der Waals surface area contributed by atoms with Gasteiger partial charge in [0.05, 0.1) is 59.0 Å². The first-order valence-corrected chi connectivity index (χ1v) is 16.4. The van der Waals surface area contributed by atoms with Gasteiger partial charge in [0.15, 0.2) is 5.82 Å². The van der Waals surface area contributed by atoms with Gasteiger partial charge in [0.1, 0.15) is 23.3 Å². The van der Waals surface area contributed by atoms with Crippen LogP contribution in [-0.4, -0.2) is 75.8 Å². The molecule has 13 heteroatoms. The minimum atomic E-state index is -1.04. The number of aromatic hydroxyl groups is 1. The fourth-order valence-corrected chi connectivity index (χ4v) is 7.59. The Balaban J connectivity index is 1.66. The Morgan fingerprint density at radius 1 is 1.12 bits per heavy atom. The molecule has 2 unspecified atom stereocenters. The number of halogens is 3. The van der Waals surface area contributed by atoms with Gasteiger partial charge in [-0.15, -0.1) is 0 Å². The Kier molecular flexibility index (Phi) is 7.98. The van der Waals surface area contributed by atoms with E-state index in [-0.39, 0.29) is 65.4 Å². The standard InChI is InChI=1S/C36H34ClF2N5O5/c1-6-26(46)41-14-24-35(47)43(20-15-49-16-20)34-33(42(24)13-19(41)5)21-12-22(37)27(28-23(38)8-7-9-25(28)45)29(39)32(21)44(36(34)48)31-18(4)10-11-40-30(31)17(2)3/h6-12,17,19-20,24,45H,1,13-16H2,2-5H3. The smallest absolute Gasteiger partial charge is 0.281 e. The molecule has 3 aliphatic heterocycles. The van der Waals surface area contributed by atoms with E-state index in [1.807, 2.05) is 20.8 Å². The average Bonchev–Trinajstić information content (AvgIpc) is 3.03. The van der Waals surface area contributed by atoms with Crippen molar-refractivity contribution in [3.8, 4) is 22.6 Å². The maximum Gasteiger partial charge on any atom is 0.281 e. The van der Waals surface area contributed by atoms with Gasteiger partial charge in [-0.25, -0.2) is 8.78 Å². The fourth-order valence-electron chi connectivity index (χ4n) is 7.30. The van der Waals surface area contributed by atoms with Crippen LogP contribution in [0.25, 0.3) is 27.7 Å². The predicted octanol–water partition coefficient (Wildman–Crippen LogP) is 5.46. The average molecular weight is 690 g/mol. The van der Waals surface area contributed by atoms with Crippen molar-refractivity contribution in [1.29, 1.82) is 0 Å². The molecular formula is C36H34ClF2N5O5. The monoisotopic (exact) mass is 689 g/mol. The number of ether oxygens (including phenoxy) is 1. The van der Waals surface area contributed by atoms with Crippen LogP contribution in [0.2, 0.25) is 5.02 Å². The Morgan fingerprint density at radius 2 is 1.86 bits per heavy atom. The van der Waals surface area contributed by atoms with Crippen LogP contribution in [0, 0.1) is 18.6 Å². The number of rotatable bonds is 5. The number of hydrogen-bond donors (Lipinski definition) is 1. The summed E-state index contributed by atoms with van der Waals surface area (Å²) >= 11 is 6.83. The molecule has 0 aliphatic carbocycles. The molecule has 0 bridgehead atoms. The summed E-state index contributed by atoms with van der Waals surface area (Å²) in [5.41, 5.74) is -0.0902. The normalized spacial score (nSPS) is 19.3. The molecule has 2 amide bonds. The van der Waals surface area contributed by atoms with Crippen molar-refractivity contribution in [3.05, 3.63) is 87.5 Å². The van der Waals surface area contributed by atoms with Gasteiger partial charge in [-0.2, -0.15) is 0 Å². The lowest BCUT2D eigenvalue weighted by atomic mass is 9.94. The third kappa shape index (κ3) is 4.83. The molecule has 254 valence electrons. The van der Waals surface area contributed by atoms with Crippen molar-refractivity contribution in [1.82, 2.24) is 14.5 Å². The summed E-state index contributed by atoms with van der Waals surface area (Å²) in [5.74, 6) is -3.44. The van der Waals surface area contributed by atoms with Gasteiger partial charge < -0.3 is 19.6 Å². The second-order valence-electron chi connectivity index (χ2n) is 13.0. The minimum absolute atomic E-state index is 0.00441. The lowest BCUT2D eigenvalue weighted by molar-refractivity contribution is -0.131. The van der Waals surface area contributed by atoms with Crippen LogP contribution in [0.3, 0.4) is 0 Å². The highest BCUT2D eigenvalue weighted by Crippen LogP contribution is 2.48. The largest absolute Gasteiger partial charge is 0.507 e. The number of carbonyl (C=O) groups excluding carboxylic acids is 2. The number of anilines is 2.